The van der Waals surface area contributed by atoms with Gasteiger partial charge < -0.3 is 20.3 Å². The highest BCUT2D eigenvalue weighted by atomic mass is 32.2. The summed E-state index contributed by atoms with van der Waals surface area (Å²) in [6.07, 6.45) is 0.708. The van der Waals surface area contributed by atoms with E-state index in [0.717, 1.165) is 11.1 Å². The van der Waals surface area contributed by atoms with Gasteiger partial charge in [-0.15, -0.1) is 0 Å². The average molecular weight is 558 g/mol. The van der Waals surface area contributed by atoms with Gasteiger partial charge in [0.15, 0.2) is 0 Å². The Labute approximate surface area is 232 Å². The third kappa shape index (κ3) is 7.27. The number of aryl methyl sites for hydroxylation is 1. The van der Waals surface area contributed by atoms with E-state index >= 15 is 0 Å². The molecule has 0 aromatic heterocycles. The molecule has 2 aromatic rings. The topological polar surface area (TPSA) is 136 Å². The van der Waals surface area contributed by atoms with Crippen LogP contribution in [0.2, 0.25) is 0 Å². The van der Waals surface area contributed by atoms with Gasteiger partial charge >= 0.3 is 7.12 Å². The molecule has 0 unspecified atom stereocenters. The molecule has 2 aromatic carbocycles. The Hall–Kier alpha value is -2.73. The number of benzene rings is 2. The van der Waals surface area contributed by atoms with Gasteiger partial charge in [-0.2, -0.15) is 4.72 Å². The van der Waals surface area contributed by atoms with E-state index in [1.807, 2.05) is 44.2 Å². The van der Waals surface area contributed by atoms with Crippen molar-refractivity contribution < 1.29 is 28.1 Å². The lowest BCUT2D eigenvalue weighted by Crippen LogP contribution is -2.61. The molecule has 0 bridgehead atoms. The van der Waals surface area contributed by atoms with E-state index in [1.165, 1.54) is 11.0 Å². The number of nitrogens with one attached hydrogen (secondary N) is 2. The Morgan fingerprint density at radius 3 is 2.31 bits per heavy atom. The summed E-state index contributed by atoms with van der Waals surface area (Å²) in [5.41, 5.74) is 0.154. The van der Waals surface area contributed by atoms with Gasteiger partial charge in [0.2, 0.25) is 21.8 Å². The standard InChI is InChI=1S/C28H40BN3O6S/c1-19(2)16-25(29(35)36)30-26(33)24(18-22-11-7-6-8-12-22)32-15-14-28(20(3)4,27(32)34)31-39(37,38)23-13-9-10-21(5)17-23/h6-13,17,19-20,24-25,31,35-36H,14-16,18H2,1-5H3,(H,30,33)/t24-,25-,28+/m0/s1. The Morgan fingerprint density at radius 1 is 1.08 bits per heavy atom. The smallest absolute Gasteiger partial charge is 0.426 e. The maximum absolute atomic E-state index is 14.1. The number of likely N-dealkylation sites (tertiary alicyclic amines) is 1. The van der Waals surface area contributed by atoms with E-state index in [-0.39, 0.29) is 30.2 Å². The minimum atomic E-state index is -4.04. The van der Waals surface area contributed by atoms with Gasteiger partial charge in [-0.1, -0.05) is 70.2 Å². The van der Waals surface area contributed by atoms with E-state index < -0.39 is 52.4 Å². The SMILES string of the molecule is Cc1cccc(S(=O)(=O)N[C@@]2(C(C)C)CCN([C@@H](Cc3ccccc3)C(=O)N[C@@H](CC(C)C)B(O)O)C2=O)c1. The fourth-order valence-corrected chi connectivity index (χ4v) is 6.73. The molecule has 0 spiro atoms. The molecule has 212 valence electrons. The van der Waals surface area contributed by atoms with E-state index in [4.69, 9.17) is 0 Å². The molecule has 1 aliphatic rings. The lowest BCUT2D eigenvalue weighted by atomic mass is 9.75. The highest BCUT2D eigenvalue weighted by Gasteiger charge is 2.54. The molecular weight excluding hydrogens is 517 g/mol. The number of hydrogen-bond donors (Lipinski definition) is 4. The van der Waals surface area contributed by atoms with Gasteiger partial charge in [-0.3, -0.25) is 9.59 Å². The van der Waals surface area contributed by atoms with Crippen molar-refractivity contribution in [2.24, 2.45) is 11.8 Å². The van der Waals surface area contributed by atoms with Gasteiger partial charge in [0.1, 0.15) is 11.6 Å². The Kier molecular flexibility index (Phi) is 9.98. The second kappa shape index (κ2) is 12.6. The number of carbonyl (C=O) groups is 2. The molecule has 2 amide bonds. The first-order chi connectivity index (χ1) is 18.3. The summed E-state index contributed by atoms with van der Waals surface area (Å²) in [5, 5.41) is 22.5. The largest absolute Gasteiger partial charge is 0.475 e. The summed E-state index contributed by atoms with van der Waals surface area (Å²) in [6.45, 7) is 9.34. The number of carbonyl (C=O) groups excluding carboxylic acids is 2. The fraction of sp³-hybridized carbons (Fsp3) is 0.500. The number of rotatable bonds is 12. The van der Waals surface area contributed by atoms with Gasteiger partial charge in [0, 0.05) is 13.0 Å². The molecule has 0 aliphatic carbocycles. The summed E-state index contributed by atoms with van der Waals surface area (Å²) in [6, 6.07) is 14.7. The van der Waals surface area contributed by atoms with Crippen LogP contribution in [0, 0.1) is 18.8 Å². The van der Waals surface area contributed by atoms with Gasteiger partial charge in [0.25, 0.3) is 0 Å². The molecule has 9 nitrogen and oxygen atoms in total. The maximum atomic E-state index is 14.1. The number of sulfonamides is 1. The Morgan fingerprint density at radius 2 is 1.74 bits per heavy atom. The van der Waals surface area contributed by atoms with E-state index in [9.17, 15) is 28.1 Å². The molecule has 1 fully saturated rings. The van der Waals surface area contributed by atoms with Crippen LogP contribution in [0.5, 0.6) is 0 Å². The van der Waals surface area contributed by atoms with Crippen molar-refractivity contribution >= 4 is 29.0 Å². The van der Waals surface area contributed by atoms with Crippen LogP contribution in [0.15, 0.2) is 59.5 Å². The van der Waals surface area contributed by atoms with Crippen molar-refractivity contribution in [2.75, 3.05) is 6.54 Å². The summed E-state index contributed by atoms with van der Waals surface area (Å²) < 4.78 is 29.5. The van der Waals surface area contributed by atoms with Crippen molar-refractivity contribution in [3.05, 3.63) is 65.7 Å². The van der Waals surface area contributed by atoms with Crippen LogP contribution in [-0.4, -0.2) is 66.4 Å². The van der Waals surface area contributed by atoms with Crippen LogP contribution in [-0.2, 0) is 26.0 Å². The third-order valence-electron chi connectivity index (χ3n) is 7.36. The second-order valence-corrected chi connectivity index (χ2v) is 12.8. The van der Waals surface area contributed by atoms with Crippen molar-refractivity contribution in [2.45, 2.75) is 76.3 Å². The maximum Gasteiger partial charge on any atom is 0.475 e. The quantitative estimate of drug-likeness (QED) is 0.295. The highest BCUT2D eigenvalue weighted by Crippen LogP contribution is 2.34. The molecule has 1 heterocycles. The van der Waals surface area contributed by atoms with Crippen molar-refractivity contribution in [1.29, 1.82) is 0 Å². The van der Waals surface area contributed by atoms with Gasteiger partial charge in [-0.25, -0.2) is 8.42 Å². The minimum Gasteiger partial charge on any atom is -0.426 e. The molecule has 11 heteroatoms. The summed E-state index contributed by atoms with van der Waals surface area (Å²) in [7, 11) is -5.80. The molecule has 1 aliphatic heterocycles. The number of nitrogens with zero attached hydrogens (tertiary/aromatic N) is 1. The first kappa shape index (κ1) is 30.8. The summed E-state index contributed by atoms with van der Waals surface area (Å²) in [5.74, 6) is -2.23. The lowest BCUT2D eigenvalue weighted by molar-refractivity contribution is -0.141. The predicted molar refractivity (Wildman–Crippen MR) is 151 cm³/mol. The molecule has 1 saturated heterocycles. The minimum absolute atomic E-state index is 0.0702. The highest BCUT2D eigenvalue weighted by molar-refractivity contribution is 7.89. The summed E-state index contributed by atoms with van der Waals surface area (Å²) in [4.78, 5) is 29.2. The van der Waals surface area contributed by atoms with Gasteiger partial charge in [0.05, 0.1) is 10.8 Å². The van der Waals surface area contributed by atoms with Crippen LogP contribution in [0.25, 0.3) is 0 Å². The van der Waals surface area contributed by atoms with Crippen LogP contribution < -0.4 is 10.0 Å². The van der Waals surface area contributed by atoms with Crippen LogP contribution in [0.4, 0.5) is 0 Å². The molecule has 4 N–H and O–H groups in total. The molecule has 39 heavy (non-hydrogen) atoms. The zero-order valence-electron chi connectivity index (χ0n) is 23.3. The third-order valence-corrected chi connectivity index (χ3v) is 8.86. The summed E-state index contributed by atoms with van der Waals surface area (Å²) >= 11 is 0. The first-order valence-electron chi connectivity index (χ1n) is 13.4. The molecule has 3 rings (SSSR count). The zero-order chi connectivity index (χ0) is 29.0. The number of amides is 2. The monoisotopic (exact) mass is 557 g/mol. The van der Waals surface area contributed by atoms with E-state index in [2.05, 4.69) is 10.0 Å². The fourth-order valence-electron chi connectivity index (χ4n) is 5.11. The molecular formula is C28H40BN3O6S. The number of hydrogen-bond acceptors (Lipinski definition) is 6. The van der Waals surface area contributed by atoms with Crippen LogP contribution in [0.1, 0.15) is 51.7 Å². The molecule has 0 radical (unpaired) electrons. The predicted octanol–water partition coefficient (Wildman–Crippen LogP) is 2.05. The van der Waals surface area contributed by atoms with Crippen molar-refractivity contribution in [3.8, 4) is 0 Å². The normalized spacial score (nSPS) is 19.4. The molecule has 0 saturated carbocycles. The lowest BCUT2D eigenvalue weighted by Gasteiger charge is -2.35. The van der Waals surface area contributed by atoms with Crippen LogP contribution >= 0.6 is 0 Å². The Bertz CT molecular complexity index is 1250. The zero-order valence-corrected chi connectivity index (χ0v) is 24.1. The average Bonchev–Trinajstić information content (AvgIpc) is 3.18. The van der Waals surface area contributed by atoms with Gasteiger partial charge in [-0.05, 0) is 54.9 Å². The van der Waals surface area contributed by atoms with Crippen molar-refractivity contribution in [1.82, 2.24) is 14.9 Å². The van der Waals surface area contributed by atoms with E-state index in [1.54, 1.807) is 39.0 Å². The first-order valence-corrected chi connectivity index (χ1v) is 14.9. The second-order valence-electron chi connectivity index (χ2n) is 11.2. The Balaban J connectivity index is 1.96. The van der Waals surface area contributed by atoms with E-state index in [0.29, 0.717) is 6.42 Å². The van der Waals surface area contributed by atoms with Crippen LogP contribution in [0.3, 0.4) is 0 Å². The molecule has 3 atom stereocenters. The van der Waals surface area contributed by atoms with Crippen molar-refractivity contribution in [3.63, 3.8) is 0 Å².